The van der Waals surface area contributed by atoms with Gasteiger partial charge in [0.25, 0.3) is 0 Å². The average molecular weight is 208 g/mol. The van der Waals surface area contributed by atoms with Gasteiger partial charge >= 0.3 is 0 Å². The van der Waals surface area contributed by atoms with Crippen LogP contribution in [0.5, 0.6) is 0 Å². The number of rotatable bonds is 2. The van der Waals surface area contributed by atoms with E-state index in [-0.39, 0.29) is 11.5 Å². The molecule has 84 valence electrons. The Bertz CT molecular complexity index is 300. The standard InChI is InChI=1S/C13H20O2/c1-4-12(14)13(15)8-11-7-9(2)5-6-10(11)3/h4,8-10,14-15H,1,5-7H2,2-3H3/b11-8-,13-12-. The molecule has 2 N–H and O–H groups in total. The van der Waals surface area contributed by atoms with Crippen molar-refractivity contribution in [1.29, 1.82) is 0 Å². The van der Waals surface area contributed by atoms with Crippen molar-refractivity contribution in [3.63, 3.8) is 0 Å². The molecule has 0 saturated heterocycles. The maximum absolute atomic E-state index is 9.56. The summed E-state index contributed by atoms with van der Waals surface area (Å²) in [7, 11) is 0. The van der Waals surface area contributed by atoms with Gasteiger partial charge in [-0.1, -0.05) is 26.0 Å². The summed E-state index contributed by atoms with van der Waals surface area (Å²) in [5, 5.41) is 18.8. The lowest BCUT2D eigenvalue weighted by atomic mass is 9.79. The van der Waals surface area contributed by atoms with Crippen molar-refractivity contribution in [1.82, 2.24) is 0 Å². The van der Waals surface area contributed by atoms with Crippen molar-refractivity contribution in [2.24, 2.45) is 11.8 Å². The normalized spacial score (nSPS) is 31.2. The first kappa shape index (κ1) is 11.9. The molecule has 1 rings (SSSR count). The van der Waals surface area contributed by atoms with Crippen LogP contribution in [0.25, 0.3) is 0 Å². The van der Waals surface area contributed by atoms with E-state index in [1.54, 1.807) is 6.08 Å². The van der Waals surface area contributed by atoms with Crippen LogP contribution in [0, 0.1) is 11.8 Å². The van der Waals surface area contributed by atoms with Crippen molar-refractivity contribution in [3.05, 3.63) is 35.8 Å². The van der Waals surface area contributed by atoms with Crippen molar-refractivity contribution in [3.8, 4) is 0 Å². The highest BCUT2D eigenvalue weighted by Crippen LogP contribution is 2.33. The van der Waals surface area contributed by atoms with Crippen LogP contribution in [-0.4, -0.2) is 10.2 Å². The third-order valence-electron chi connectivity index (χ3n) is 3.09. The zero-order valence-corrected chi connectivity index (χ0v) is 9.53. The van der Waals surface area contributed by atoms with Gasteiger partial charge in [0.1, 0.15) is 0 Å². The molecular weight excluding hydrogens is 188 g/mol. The second-order valence-electron chi connectivity index (χ2n) is 4.48. The molecule has 0 spiro atoms. The number of hydrogen-bond donors (Lipinski definition) is 2. The summed E-state index contributed by atoms with van der Waals surface area (Å²) < 4.78 is 0. The van der Waals surface area contributed by atoms with E-state index in [4.69, 9.17) is 0 Å². The molecule has 0 aromatic heterocycles. The fourth-order valence-corrected chi connectivity index (χ4v) is 1.98. The summed E-state index contributed by atoms with van der Waals surface area (Å²) in [6.07, 6.45) is 6.36. The topological polar surface area (TPSA) is 40.5 Å². The molecule has 0 aromatic carbocycles. The van der Waals surface area contributed by atoms with Gasteiger partial charge in [-0.05, 0) is 43.3 Å². The SMILES string of the molecule is C=C/C(O)=C(O)\C=C1\CC(C)CCC1C. The van der Waals surface area contributed by atoms with Crippen LogP contribution in [0.2, 0.25) is 0 Å². The maximum atomic E-state index is 9.56. The van der Waals surface area contributed by atoms with Crippen LogP contribution >= 0.6 is 0 Å². The van der Waals surface area contributed by atoms with Crippen LogP contribution in [0.3, 0.4) is 0 Å². The van der Waals surface area contributed by atoms with Crippen LogP contribution in [0.15, 0.2) is 35.8 Å². The van der Waals surface area contributed by atoms with E-state index in [0.717, 1.165) is 12.8 Å². The smallest absolute Gasteiger partial charge is 0.157 e. The maximum Gasteiger partial charge on any atom is 0.157 e. The highest BCUT2D eigenvalue weighted by molar-refractivity contribution is 5.26. The Morgan fingerprint density at radius 2 is 1.93 bits per heavy atom. The van der Waals surface area contributed by atoms with Crippen molar-refractivity contribution in [2.45, 2.75) is 33.1 Å². The zero-order chi connectivity index (χ0) is 11.4. The Kier molecular flexibility index (Phi) is 4.01. The molecule has 0 radical (unpaired) electrons. The van der Waals surface area contributed by atoms with Crippen LogP contribution in [-0.2, 0) is 0 Å². The van der Waals surface area contributed by atoms with Crippen molar-refractivity contribution < 1.29 is 10.2 Å². The molecule has 1 aliphatic carbocycles. The summed E-state index contributed by atoms with van der Waals surface area (Å²) in [6.45, 7) is 7.79. The third-order valence-corrected chi connectivity index (χ3v) is 3.09. The van der Waals surface area contributed by atoms with Gasteiger partial charge in [0, 0.05) is 0 Å². The summed E-state index contributed by atoms with van der Waals surface area (Å²) in [6, 6.07) is 0. The summed E-state index contributed by atoms with van der Waals surface area (Å²) in [5.41, 5.74) is 1.22. The summed E-state index contributed by atoms with van der Waals surface area (Å²) >= 11 is 0. The van der Waals surface area contributed by atoms with E-state index in [9.17, 15) is 10.2 Å². The fourth-order valence-electron chi connectivity index (χ4n) is 1.98. The molecule has 2 unspecified atom stereocenters. The Morgan fingerprint density at radius 1 is 1.27 bits per heavy atom. The summed E-state index contributed by atoms with van der Waals surface area (Å²) in [4.78, 5) is 0. The number of allylic oxidation sites excluding steroid dienone is 3. The highest BCUT2D eigenvalue weighted by Gasteiger charge is 2.19. The summed E-state index contributed by atoms with van der Waals surface area (Å²) in [5.74, 6) is 0.959. The van der Waals surface area contributed by atoms with Gasteiger partial charge in [-0.3, -0.25) is 0 Å². The first-order valence-corrected chi connectivity index (χ1v) is 5.49. The molecule has 15 heavy (non-hydrogen) atoms. The molecule has 2 nitrogen and oxygen atoms in total. The lowest BCUT2D eigenvalue weighted by Crippen LogP contribution is -2.13. The molecule has 1 aliphatic rings. The molecule has 0 aliphatic heterocycles. The second kappa shape index (κ2) is 5.06. The van der Waals surface area contributed by atoms with Gasteiger partial charge in [0.15, 0.2) is 11.5 Å². The van der Waals surface area contributed by atoms with E-state index in [1.165, 1.54) is 18.1 Å². The molecular formula is C13H20O2. The fraction of sp³-hybridized carbons (Fsp3) is 0.538. The minimum absolute atomic E-state index is 0.0686. The first-order valence-electron chi connectivity index (χ1n) is 5.49. The lowest BCUT2D eigenvalue weighted by molar-refractivity contribution is 0.345. The molecule has 1 saturated carbocycles. The monoisotopic (exact) mass is 208 g/mol. The molecule has 2 atom stereocenters. The number of aliphatic hydroxyl groups excluding tert-OH is 2. The molecule has 1 fully saturated rings. The van der Waals surface area contributed by atoms with Crippen LogP contribution in [0.4, 0.5) is 0 Å². The van der Waals surface area contributed by atoms with E-state index < -0.39 is 0 Å². The molecule has 0 bridgehead atoms. The average Bonchev–Trinajstić information content (AvgIpc) is 2.22. The minimum atomic E-state index is -0.145. The predicted molar refractivity (Wildman–Crippen MR) is 62.7 cm³/mol. The Hall–Kier alpha value is -1.18. The molecule has 0 amide bonds. The van der Waals surface area contributed by atoms with Gasteiger partial charge in [0.2, 0.25) is 0 Å². The van der Waals surface area contributed by atoms with Gasteiger partial charge < -0.3 is 10.2 Å². The molecule has 2 heteroatoms. The predicted octanol–water partition coefficient (Wildman–Crippen LogP) is 3.88. The van der Waals surface area contributed by atoms with Gasteiger partial charge in [0.05, 0.1) is 0 Å². The minimum Gasteiger partial charge on any atom is -0.504 e. The quantitative estimate of drug-likeness (QED) is 0.534. The third kappa shape index (κ3) is 3.15. The largest absolute Gasteiger partial charge is 0.504 e. The van der Waals surface area contributed by atoms with Crippen LogP contribution < -0.4 is 0 Å². The number of aliphatic hydroxyl groups is 2. The van der Waals surface area contributed by atoms with Crippen LogP contribution in [0.1, 0.15) is 33.1 Å². The highest BCUT2D eigenvalue weighted by atomic mass is 16.3. The van der Waals surface area contributed by atoms with Gasteiger partial charge in [-0.25, -0.2) is 0 Å². The Morgan fingerprint density at radius 3 is 2.53 bits per heavy atom. The first-order chi connectivity index (χ1) is 7.04. The van der Waals surface area contributed by atoms with E-state index in [0.29, 0.717) is 11.8 Å². The molecule has 0 heterocycles. The van der Waals surface area contributed by atoms with Gasteiger partial charge in [-0.15, -0.1) is 0 Å². The van der Waals surface area contributed by atoms with E-state index in [2.05, 4.69) is 20.4 Å². The van der Waals surface area contributed by atoms with Crippen molar-refractivity contribution in [2.75, 3.05) is 0 Å². The van der Waals surface area contributed by atoms with Crippen molar-refractivity contribution >= 4 is 0 Å². The second-order valence-corrected chi connectivity index (χ2v) is 4.48. The van der Waals surface area contributed by atoms with Gasteiger partial charge in [-0.2, -0.15) is 0 Å². The Balaban J connectivity index is 2.85. The van der Waals surface area contributed by atoms with E-state index >= 15 is 0 Å². The Labute approximate surface area is 91.6 Å². The zero-order valence-electron chi connectivity index (χ0n) is 9.53. The van der Waals surface area contributed by atoms with E-state index in [1.807, 2.05) is 0 Å². The molecule has 0 aromatic rings. The number of hydrogen-bond acceptors (Lipinski definition) is 2. The lowest BCUT2D eigenvalue weighted by Gasteiger charge is -2.26.